The average Bonchev–Trinajstić information content (AvgIpc) is 2.95. The van der Waals surface area contributed by atoms with Crippen LogP contribution in [0.25, 0.3) is 0 Å². The van der Waals surface area contributed by atoms with Gasteiger partial charge in [0.25, 0.3) is 0 Å². The van der Waals surface area contributed by atoms with Crippen LogP contribution in [0, 0.1) is 5.92 Å². The number of benzene rings is 1. The monoisotopic (exact) mass is 292 g/mol. The second-order valence-electron chi connectivity index (χ2n) is 5.49. The Balaban J connectivity index is 1.92. The number of allylic oxidation sites excluding steroid dienone is 1. The summed E-state index contributed by atoms with van der Waals surface area (Å²) in [6.45, 7) is 8.93. The fourth-order valence-corrected chi connectivity index (χ4v) is 2.21. The van der Waals surface area contributed by atoms with Crippen molar-refractivity contribution in [2.45, 2.75) is 32.7 Å². The van der Waals surface area contributed by atoms with E-state index in [0.29, 0.717) is 19.1 Å². The molecule has 2 unspecified atom stereocenters. The van der Waals surface area contributed by atoms with Gasteiger partial charge in [0.1, 0.15) is 12.7 Å². The molecule has 1 aromatic carbocycles. The van der Waals surface area contributed by atoms with Crippen molar-refractivity contribution < 1.29 is 18.9 Å². The molecule has 0 aromatic heterocycles. The van der Waals surface area contributed by atoms with E-state index in [-0.39, 0.29) is 12.4 Å². The van der Waals surface area contributed by atoms with Crippen LogP contribution in [0.3, 0.4) is 0 Å². The van der Waals surface area contributed by atoms with Crippen LogP contribution in [-0.4, -0.2) is 32.7 Å². The summed E-state index contributed by atoms with van der Waals surface area (Å²) >= 11 is 0. The fraction of sp³-hybridized carbons (Fsp3) is 0.529. The summed E-state index contributed by atoms with van der Waals surface area (Å²) in [5.41, 5.74) is 1.15. The quantitative estimate of drug-likeness (QED) is 0.723. The van der Waals surface area contributed by atoms with Gasteiger partial charge in [0.2, 0.25) is 0 Å². The lowest BCUT2D eigenvalue weighted by atomic mass is 10.1. The highest BCUT2D eigenvalue weighted by Gasteiger charge is 2.28. The minimum Gasteiger partial charge on any atom is -0.493 e. The molecule has 1 heterocycles. The van der Waals surface area contributed by atoms with Gasteiger partial charge in [0.05, 0.1) is 13.7 Å². The number of hydrogen-bond donors (Lipinski definition) is 0. The molecule has 1 aliphatic rings. The minimum absolute atomic E-state index is 0.0324. The lowest BCUT2D eigenvalue weighted by Gasteiger charge is -2.16. The molecule has 1 fully saturated rings. The van der Waals surface area contributed by atoms with E-state index in [9.17, 15) is 0 Å². The van der Waals surface area contributed by atoms with E-state index in [2.05, 4.69) is 20.4 Å². The van der Waals surface area contributed by atoms with Crippen molar-refractivity contribution in [1.82, 2.24) is 0 Å². The van der Waals surface area contributed by atoms with Gasteiger partial charge in [-0.1, -0.05) is 26.0 Å². The van der Waals surface area contributed by atoms with Gasteiger partial charge in [-0.15, -0.1) is 6.58 Å². The molecule has 116 valence electrons. The number of hydrogen-bond acceptors (Lipinski definition) is 4. The normalized spacial score (nSPS) is 21.5. The molecule has 21 heavy (non-hydrogen) atoms. The minimum atomic E-state index is -0.129. The van der Waals surface area contributed by atoms with Crippen LogP contribution in [0.4, 0.5) is 0 Å². The molecular weight excluding hydrogens is 268 g/mol. The van der Waals surface area contributed by atoms with Crippen molar-refractivity contribution in [3.63, 3.8) is 0 Å². The molecule has 4 heteroatoms. The molecule has 4 nitrogen and oxygen atoms in total. The summed E-state index contributed by atoms with van der Waals surface area (Å²) in [6, 6.07) is 5.91. The maximum Gasteiger partial charge on any atom is 0.161 e. The van der Waals surface area contributed by atoms with Crippen LogP contribution < -0.4 is 9.47 Å². The second-order valence-corrected chi connectivity index (χ2v) is 5.49. The Morgan fingerprint density at radius 1 is 1.38 bits per heavy atom. The van der Waals surface area contributed by atoms with Crippen molar-refractivity contribution in [2.24, 2.45) is 5.92 Å². The zero-order valence-corrected chi connectivity index (χ0v) is 13.0. The van der Waals surface area contributed by atoms with Gasteiger partial charge < -0.3 is 18.9 Å². The Kier molecular flexibility index (Phi) is 5.65. The molecule has 0 radical (unpaired) electrons. The van der Waals surface area contributed by atoms with Crippen LogP contribution in [0.1, 0.15) is 19.4 Å². The maximum atomic E-state index is 5.82. The van der Waals surface area contributed by atoms with Crippen molar-refractivity contribution in [1.29, 1.82) is 0 Å². The van der Waals surface area contributed by atoms with E-state index < -0.39 is 0 Å². The zero-order chi connectivity index (χ0) is 15.2. The molecule has 1 aliphatic heterocycles. The van der Waals surface area contributed by atoms with Gasteiger partial charge in [-0.2, -0.15) is 0 Å². The average molecular weight is 292 g/mol. The summed E-state index contributed by atoms with van der Waals surface area (Å²) in [6.07, 6.45) is 2.52. The van der Waals surface area contributed by atoms with Crippen LogP contribution in [0.5, 0.6) is 11.5 Å². The van der Waals surface area contributed by atoms with Crippen molar-refractivity contribution in [3.05, 3.63) is 36.4 Å². The van der Waals surface area contributed by atoms with Crippen LogP contribution in [0.2, 0.25) is 0 Å². The van der Waals surface area contributed by atoms with Gasteiger partial charge in [-0.3, -0.25) is 0 Å². The van der Waals surface area contributed by atoms with Gasteiger partial charge >= 0.3 is 0 Å². The first-order chi connectivity index (χ1) is 10.1. The molecule has 2 rings (SSSR count). The lowest BCUT2D eigenvalue weighted by molar-refractivity contribution is -0.0915. The molecule has 0 aliphatic carbocycles. The molecule has 0 N–H and O–H groups in total. The molecule has 0 saturated carbocycles. The topological polar surface area (TPSA) is 36.9 Å². The summed E-state index contributed by atoms with van der Waals surface area (Å²) in [7, 11) is 1.64. The van der Waals surface area contributed by atoms with E-state index in [1.54, 1.807) is 7.11 Å². The third-order valence-corrected chi connectivity index (χ3v) is 3.35. The zero-order valence-electron chi connectivity index (χ0n) is 13.0. The third-order valence-electron chi connectivity index (χ3n) is 3.35. The Bertz CT molecular complexity index is 470. The number of rotatable bonds is 7. The molecule has 2 atom stereocenters. The van der Waals surface area contributed by atoms with Crippen molar-refractivity contribution in [3.8, 4) is 11.5 Å². The van der Waals surface area contributed by atoms with Crippen molar-refractivity contribution in [2.75, 3.05) is 20.3 Å². The highest BCUT2D eigenvalue weighted by Crippen LogP contribution is 2.29. The Morgan fingerprint density at radius 3 is 2.81 bits per heavy atom. The molecule has 1 aromatic rings. The number of ether oxygens (including phenoxy) is 4. The van der Waals surface area contributed by atoms with E-state index in [1.807, 2.05) is 24.3 Å². The van der Waals surface area contributed by atoms with E-state index in [0.717, 1.165) is 23.5 Å². The van der Waals surface area contributed by atoms with E-state index in [4.69, 9.17) is 18.9 Å². The first-order valence-corrected chi connectivity index (χ1v) is 7.31. The Hall–Kier alpha value is -1.52. The van der Waals surface area contributed by atoms with Crippen LogP contribution in [0.15, 0.2) is 30.9 Å². The van der Waals surface area contributed by atoms with E-state index >= 15 is 0 Å². The maximum absolute atomic E-state index is 5.82. The SMILES string of the molecule is C=CCc1ccc(OCC2COC(C(C)C)O2)c(OC)c1. The molecular formula is C17H24O4. The first-order valence-electron chi connectivity index (χ1n) is 7.31. The Labute approximate surface area is 126 Å². The smallest absolute Gasteiger partial charge is 0.161 e. The first kappa shape index (κ1) is 15.9. The van der Waals surface area contributed by atoms with Crippen LogP contribution in [-0.2, 0) is 15.9 Å². The van der Waals surface area contributed by atoms with Gasteiger partial charge in [0, 0.05) is 5.92 Å². The predicted octanol–water partition coefficient (Wildman–Crippen LogP) is 3.20. The highest BCUT2D eigenvalue weighted by atomic mass is 16.7. The summed E-state index contributed by atoms with van der Waals surface area (Å²) in [4.78, 5) is 0. The summed E-state index contributed by atoms with van der Waals surface area (Å²) in [5.74, 6) is 1.80. The Morgan fingerprint density at radius 2 is 2.19 bits per heavy atom. The third kappa shape index (κ3) is 4.22. The van der Waals surface area contributed by atoms with Gasteiger partial charge in [0.15, 0.2) is 17.8 Å². The largest absolute Gasteiger partial charge is 0.493 e. The summed E-state index contributed by atoms with van der Waals surface area (Å²) < 4.78 is 22.6. The molecule has 1 saturated heterocycles. The second kappa shape index (κ2) is 7.48. The molecule has 0 spiro atoms. The van der Waals surface area contributed by atoms with Gasteiger partial charge in [-0.05, 0) is 24.1 Å². The molecule has 0 bridgehead atoms. The summed E-state index contributed by atoms with van der Waals surface area (Å²) in [5, 5.41) is 0. The fourth-order valence-electron chi connectivity index (χ4n) is 2.21. The predicted molar refractivity (Wildman–Crippen MR) is 81.8 cm³/mol. The van der Waals surface area contributed by atoms with Gasteiger partial charge in [-0.25, -0.2) is 0 Å². The van der Waals surface area contributed by atoms with Crippen LogP contribution >= 0.6 is 0 Å². The molecule has 0 amide bonds. The standard InChI is InChI=1S/C17H24O4/c1-5-6-13-7-8-15(16(9-13)18-4)19-10-14-11-20-17(21-14)12(2)3/h5,7-9,12,14,17H,1,6,10-11H2,2-4H3. The van der Waals surface area contributed by atoms with Crippen molar-refractivity contribution >= 4 is 0 Å². The van der Waals surface area contributed by atoms with E-state index in [1.165, 1.54) is 0 Å². The highest BCUT2D eigenvalue weighted by molar-refractivity contribution is 5.43. The lowest BCUT2D eigenvalue weighted by Crippen LogP contribution is -2.22. The number of methoxy groups -OCH3 is 1.